The van der Waals surface area contributed by atoms with Gasteiger partial charge >= 0.3 is 0 Å². The van der Waals surface area contributed by atoms with E-state index < -0.39 is 0 Å². The molecule has 0 unspecified atom stereocenters. The van der Waals surface area contributed by atoms with Gasteiger partial charge in [-0.25, -0.2) is 0 Å². The summed E-state index contributed by atoms with van der Waals surface area (Å²) in [6.45, 7) is 4.54. The third-order valence-corrected chi connectivity index (χ3v) is 3.39. The average Bonchev–Trinajstić information content (AvgIpc) is 2.35. The summed E-state index contributed by atoms with van der Waals surface area (Å²) in [5, 5.41) is 5.47. The lowest BCUT2D eigenvalue weighted by molar-refractivity contribution is 0.885. The fraction of sp³-hybridized carbons (Fsp3) is 0.176. The van der Waals surface area contributed by atoms with Gasteiger partial charge in [-0.3, -0.25) is 0 Å². The van der Waals surface area contributed by atoms with Gasteiger partial charge in [0.2, 0.25) is 0 Å². The monoisotopic (exact) mass is 220 g/mol. The van der Waals surface area contributed by atoms with E-state index in [2.05, 4.69) is 68.4 Å². The number of fused-ring (bicyclic) bond motifs is 2. The summed E-state index contributed by atoms with van der Waals surface area (Å²) in [5.74, 6) is 0.547. The van der Waals surface area contributed by atoms with Crippen LogP contribution in [0, 0.1) is 0 Å². The maximum absolute atomic E-state index is 2.29. The molecule has 0 aliphatic carbocycles. The van der Waals surface area contributed by atoms with E-state index in [-0.39, 0.29) is 0 Å². The Kier molecular flexibility index (Phi) is 2.36. The van der Waals surface area contributed by atoms with Gasteiger partial charge in [-0.05, 0) is 39.1 Å². The second-order valence-corrected chi connectivity index (χ2v) is 4.89. The van der Waals surface area contributed by atoms with Gasteiger partial charge in [0.05, 0.1) is 0 Å². The van der Waals surface area contributed by atoms with Crippen molar-refractivity contribution in [1.29, 1.82) is 0 Å². The van der Waals surface area contributed by atoms with Crippen LogP contribution in [0.15, 0.2) is 54.6 Å². The van der Waals surface area contributed by atoms with Crippen LogP contribution >= 0.6 is 0 Å². The first-order valence-corrected chi connectivity index (χ1v) is 6.18. The van der Waals surface area contributed by atoms with E-state index in [1.54, 1.807) is 0 Å². The highest BCUT2D eigenvalue weighted by Gasteiger charge is 2.09. The van der Waals surface area contributed by atoms with Crippen molar-refractivity contribution in [2.45, 2.75) is 19.8 Å². The second kappa shape index (κ2) is 3.89. The maximum Gasteiger partial charge on any atom is -0.0143 e. The SMILES string of the molecule is CC(C)c1c2ccccc2cc2ccccc12. The molecule has 0 radical (unpaired) electrons. The molecule has 3 aromatic carbocycles. The minimum Gasteiger partial charge on any atom is -0.0616 e. The lowest BCUT2D eigenvalue weighted by atomic mass is 9.90. The summed E-state index contributed by atoms with van der Waals surface area (Å²) >= 11 is 0. The summed E-state index contributed by atoms with van der Waals surface area (Å²) in [7, 11) is 0. The largest absolute Gasteiger partial charge is 0.0616 e. The van der Waals surface area contributed by atoms with Crippen LogP contribution in [0.3, 0.4) is 0 Å². The molecule has 0 fully saturated rings. The Morgan fingerprint density at radius 2 is 1.18 bits per heavy atom. The van der Waals surface area contributed by atoms with Gasteiger partial charge in [0.25, 0.3) is 0 Å². The van der Waals surface area contributed by atoms with E-state index in [0.717, 1.165) is 0 Å². The average molecular weight is 220 g/mol. The molecule has 84 valence electrons. The van der Waals surface area contributed by atoms with Crippen LogP contribution in [0.5, 0.6) is 0 Å². The lowest BCUT2D eigenvalue weighted by Gasteiger charge is -2.14. The fourth-order valence-corrected chi connectivity index (χ4v) is 2.67. The minimum atomic E-state index is 0.547. The molecule has 17 heavy (non-hydrogen) atoms. The molecule has 0 bridgehead atoms. The third-order valence-electron chi connectivity index (χ3n) is 3.39. The summed E-state index contributed by atoms with van der Waals surface area (Å²) in [6.07, 6.45) is 0. The molecule has 3 aromatic rings. The summed E-state index contributed by atoms with van der Waals surface area (Å²) in [4.78, 5) is 0. The molecule has 0 aromatic heterocycles. The number of rotatable bonds is 1. The molecule has 0 nitrogen and oxygen atoms in total. The third kappa shape index (κ3) is 1.61. The van der Waals surface area contributed by atoms with Crippen LogP contribution < -0.4 is 0 Å². The zero-order chi connectivity index (χ0) is 11.8. The van der Waals surface area contributed by atoms with Crippen molar-refractivity contribution in [3.05, 3.63) is 60.2 Å². The van der Waals surface area contributed by atoms with Gasteiger partial charge in [0.1, 0.15) is 0 Å². The van der Waals surface area contributed by atoms with E-state index in [4.69, 9.17) is 0 Å². The van der Waals surface area contributed by atoms with Crippen molar-refractivity contribution in [1.82, 2.24) is 0 Å². The zero-order valence-electron chi connectivity index (χ0n) is 10.3. The number of hydrogen-bond acceptors (Lipinski definition) is 0. The van der Waals surface area contributed by atoms with Gasteiger partial charge in [0.15, 0.2) is 0 Å². The maximum atomic E-state index is 2.29. The second-order valence-electron chi connectivity index (χ2n) is 4.89. The van der Waals surface area contributed by atoms with Crippen molar-refractivity contribution >= 4 is 21.5 Å². The molecule has 0 atom stereocenters. The predicted octanol–water partition coefficient (Wildman–Crippen LogP) is 5.12. The van der Waals surface area contributed by atoms with E-state index in [9.17, 15) is 0 Å². The highest BCUT2D eigenvalue weighted by molar-refractivity contribution is 6.02. The molecule has 3 rings (SSSR count). The van der Waals surface area contributed by atoms with Gasteiger partial charge in [-0.15, -0.1) is 0 Å². The minimum absolute atomic E-state index is 0.547. The van der Waals surface area contributed by atoms with E-state index >= 15 is 0 Å². The topological polar surface area (TPSA) is 0 Å². The van der Waals surface area contributed by atoms with Crippen molar-refractivity contribution < 1.29 is 0 Å². The molecule has 0 heteroatoms. The molecule has 0 spiro atoms. The summed E-state index contributed by atoms with van der Waals surface area (Å²) in [5.41, 5.74) is 1.47. The van der Waals surface area contributed by atoms with Crippen LogP contribution in [-0.4, -0.2) is 0 Å². The highest BCUT2D eigenvalue weighted by Crippen LogP contribution is 2.33. The van der Waals surface area contributed by atoms with Crippen LogP contribution in [0.2, 0.25) is 0 Å². The molecule has 0 saturated heterocycles. The molecule has 0 aliphatic rings. The lowest BCUT2D eigenvalue weighted by Crippen LogP contribution is -1.92. The van der Waals surface area contributed by atoms with Gasteiger partial charge < -0.3 is 0 Å². The summed E-state index contributed by atoms with van der Waals surface area (Å²) in [6, 6.07) is 19.6. The Balaban J connectivity index is 2.56. The normalized spacial score (nSPS) is 11.5. The van der Waals surface area contributed by atoms with Gasteiger partial charge in [0, 0.05) is 0 Å². The Labute approximate surface area is 102 Å². The fourth-order valence-electron chi connectivity index (χ4n) is 2.67. The summed E-state index contributed by atoms with van der Waals surface area (Å²) < 4.78 is 0. The van der Waals surface area contributed by atoms with Gasteiger partial charge in [-0.1, -0.05) is 62.4 Å². The Bertz CT molecular complexity index is 624. The highest BCUT2D eigenvalue weighted by atomic mass is 14.1. The Morgan fingerprint density at radius 3 is 1.65 bits per heavy atom. The number of hydrogen-bond donors (Lipinski definition) is 0. The first kappa shape index (κ1) is 10.3. The zero-order valence-corrected chi connectivity index (χ0v) is 10.3. The molecule has 0 saturated carbocycles. The molecule has 0 amide bonds. The predicted molar refractivity (Wildman–Crippen MR) is 75.5 cm³/mol. The quantitative estimate of drug-likeness (QED) is 0.499. The van der Waals surface area contributed by atoms with E-state index in [1.807, 2.05) is 0 Å². The number of benzene rings is 3. The van der Waals surface area contributed by atoms with E-state index in [1.165, 1.54) is 27.1 Å². The van der Waals surface area contributed by atoms with Crippen molar-refractivity contribution in [2.24, 2.45) is 0 Å². The van der Waals surface area contributed by atoms with Crippen LogP contribution in [-0.2, 0) is 0 Å². The standard InChI is InChI=1S/C17H16/c1-12(2)17-15-9-5-3-7-13(15)11-14-8-4-6-10-16(14)17/h3-12H,1-2H3. The smallest absolute Gasteiger partial charge is 0.0143 e. The van der Waals surface area contributed by atoms with Crippen molar-refractivity contribution in [3.63, 3.8) is 0 Å². The van der Waals surface area contributed by atoms with Crippen molar-refractivity contribution in [2.75, 3.05) is 0 Å². The Morgan fingerprint density at radius 1 is 0.706 bits per heavy atom. The van der Waals surface area contributed by atoms with Crippen molar-refractivity contribution in [3.8, 4) is 0 Å². The van der Waals surface area contributed by atoms with E-state index in [0.29, 0.717) is 5.92 Å². The van der Waals surface area contributed by atoms with Crippen LogP contribution in [0.1, 0.15) is 25.3 Å². The molecule has 0 N–H and O–H groups in total. The molecule has 0 aliphatic heterocycles. The molecular weight excluding hydrogens is 204 g/mol. The molecular formula is C17H16. The van der Waals surface area contributed by atoms with Crippen LogP contribution in [0.25, 0.3) is 21.5 Å². The molecule has 0 heterocycles. The Hall–Kier alpha value is -1.82. The van der Waals surface area contributed by atoms with Crippen LogP contribution in [0.4, 0.5) is 0 Å². The van der Waals surface area contributed by atoms with Gasteiger partial charge in [-0.2, -0.15) is 0 Å². The first-order valence-electron chi connectivity index (χ1n) is 6.18. The first-order chi connectivity index (χ1) is 8.27.